The lowest BCUT2D eigenvalue weighted by Crippen LogP contribution is -2.02. The van der Waals surface area contributed by atoms with Crippen molar-refractivity contribution >= 4 is 23.6 Å². The Morgan fingerprint density at radius 2 is 1.92 bits per heavy atom. The van der Waals surface area contributed by atoms with Crippen LogP contribution in [0.25, 0.3) is 6.08 Å². The SMILES string of the molecule is COc1cc(C=C2Sc3ccccc3C2=O)ccc1OCCC(C)C. The van der Waals surface area contributed by atoms with E-state index in [1.165, 1.54) is 11.8 Å². The van der Waals surface area contributed by atoms with Gasteiger partial charge in [-0.05, 0) is 48.2 Å². The topological polar surface area (TPSA) is 35.5 Å². The number of thioether (sulfide) groups is 1. The Morgan fingerprint density at radius 1 is 1.12 bits per heavy atom. The van der Waals surface area contributed by atoms with Gasteiger partial charge in [0.05, 0.1) is 18.6 Å². The van der Waals surface area contributed by atoms with Gasteiger partial charge in [-0.25, -0.2) is 0 Å². The fraction of sp³-hybridized carbons (Fsp3) is 0.286. The minimum atomic E-state index is 0.0804. The minimum Gasteiger partial charge on any atom is -0.493 e. The normalized spacial score (nSPS) is 14.9. The molecule has 2 aromatic carbocycles. The predicted molar refractivity (Wildman–Crippen MR) is 103 cm³/mol. The van der Waals surface area contributed by atoms with Crippen molar-refractivity contribution in [3.05, 3.63) is 58.5 Å². The Hall–Kier alpha value is -2.20. The molecule has 2 aromatic rings. The molecule has 130 valence electrons. The lowest BCUT2D eigenvalue weighted by molar-refractivity contribution is 0.104. The number of carbonyl (C=O) groups excluding carboxylic acids is 1. The molecule has 0 spiro atoms. The van der Waals surface area contributed by atoms with Crippen molar-refractivity contribution < 1.29 is 14.3 Å². The van der Waals surface area contributed by atoms with Crippen molar-refractivity contribution in [3.63, 3.8) is 0 Å². The first-order chi connectivity index (χ1) is 12.1. The third-order valence-electron chi connectivity index (χ3n) is 4.01. The number of fused-ring (bicyclic) bond motifs is 1. The highest BCUT2D eigenvalue weighted by atomic mass is 32.2. The molecule has 0 unspecified atom stereocenters. The Labute approximate surface area is 153 Å². The molecule has 0 amide bonds. The van der Waals surface area contributed by atoms with Crippen molar-refractivity contribution in [2.45, 2.75) is 25.2 Å². The number of methoxy groups -OCH3 is 1. The minimum absolute atomic E-state index is 0.0804. The number of carbonyl (C=O) groups is 1. The summed E-state index contributed by atoms with van der Waals surface area (Å²) in [5.74, 6) is 2.10. The van der Waals surface area contributed by atoms with Crippen LogP contribution in [-0.2, 0) is 0 Å². The van der Waals surface area contributed by atoms with E-state index >= 15 is 0 Å². The summed E-state index contributed by atoms with van der Waals surface area (Å²) >= 11 is 1.51. The highest BCUT2D eigenvalue weighted by molar-refractivity contribution is 8.04. The number of hydrogen-bond acceptors (Lipinski definition) is 4. The predicted octanol–water partition coefficient (Wildman–Crippen LogP) is 5.45. The quantitative estimate of drug-likeness (QED) is 0.646. The summed E-state index contributed by atoms with van der Waals surface area (Å²) in [6.07, 6.45) is 2.91. The van der Waals surface area contributed by atoms with Gasteiger partial charge < -0.3 is 9.47 Å². The van der Waals surface area contributed by atoms with Gasteiger partial charge >= 0.3 is 0 Å². The molecular formula is C21H22O3S. The maximum Gasteiger partial charge on any atom is 0.200 e. The number of allylic oxidation sites excluding steroid dienone is 1. The Balaban J connectivity index is 1.79. The first-order valence-electron chi connectivity index (χ1n) is 8.42. The van der Waals surface area contributed by atoms with Crippen LogP contribution in [0.15, 0.2) is 52.3 Å². The summed E-state index contributed by atoms with van der Waals surface area (Å²) in [5.41, 5.74) is 1.70. The van der Waals surface area contributed by atoms with Crippen molar-refractivity contribution in [1.82, 2.24) is 0 Å². The Kier molecular flexibility index (Phi) is 5.49. The first kappa shape index (κ1) is 17.6. The number of benzene rings is 2. The van der Waals surface area contributed by atoms with Crippen molar-refractivity contribution in [2.75, 3.05) is 13.7 Å². The van der Waals surface area contributed by atoms with Crippen LogP contribution < -0.4 is 9.47 Å². The smallest absolute Gasteiger partial charge is 0.200 e. The molecule has 0 bridgehead atoms. The number of rotatable bonds is 6. The molecule has 0 N–H and O–H groups in total. The standard InChI is InChI=1S/C21H22O3S/c1-14(2)10-11-24-17-9-8-15(12-18(17)23-3)13-20-21(22)16-6-4-5-7-19(16)25-20/h4-9,12-14H,10-11H2,1-3H3. The van der Waals surface area contributed by atoms with Gasteiger partial charge in [-0.3, -0.25) is 4.79 Å². The van der Waals surface area contributed by atoms with Gasteiger partial charge in [0.25, 0.3) is 0 Å². The van der Waals surface area contributed by atoms with Crippen LogP contribution in [0, 0.1) is 5.92 Å². The second-order valence-electron chi connectivity index (χ2n) is 6.38. The van der Waals surface area contributed by atoms with Gasteiger partial charge in [-0.2, -0.15) is 0 Å². The molecule has 1 heterocycles. The number of hydrogen-bond donors (Lipinski definition) is 0. The fourth-order valence-electron chi connectivity index (χ4n) is 2.58. The maximum absolute atomic E-state index is 12.5. The molecule has 4 heteroatoms. The number of ether oxygens (including phenoxy) is 2. The molecule has 0 saturated carbocycles. The molecule has 0 fully saturated rings. The molecule has 0 aliphatic carbocycles. The van der Waals surface area contributed by atoms with Gasteiger partial charge in [0.1, 0.15) is 0 Å². The fourth-order valence-corrected chi connectivity index (χ4v) is 3.64. The molecule has 25 heavy (non-hydrogen) atoms. The zero-order valence-corrected chi connectivity index (χ0v) is 15.6. The van der Waals surface area contributed by atoms with Crippen molar-refractivity contribution in [1.29, 1.82) is 0 Å². The molecule has 1 aliphatic rings. The third-order valence-corrected chi connectivity index (χ3v) is 5.11. The van der Waals surface area contributed by atoms with E-state index in [1.54, 1.807) is 7.11 Å². The van der Waals surface area contributed by atoms with E-state index in [2.05, 4.69) is 13.8 Å². The van der Waals surface area contributed by atoms with Crippen LogP contribution in [0.4, 0.5) is 0 Å². The average Bonchev–Trinajstić information content (AvgIpc) is 2.92. The second kappa shape index (κ2) is 7.79. The molecule has 0 radical (unpaired) electrons. The molecule has 0 atom stereocenters. The van der Waals surface area contributed by atoms with Crippen LogP contribution in [-0.4, -0.2) is 19.5 Å². The van der Waals surface area contributed by atoms with Gasteiger partial charge in [-0.15, -0.1) is 0 Å². The van der Waals surface area contributed by atoms with E-state index < -0.39 is 0 Å². The van der Waals surface area contributed by atoms with Crippen LogP contribution in [0.3, 0.4) is 0 Å². The highest BCUT2D eigenvalue weighted by Crippen LogP contribution is 2.41. The van der Waals surface area contributed by atoms with Crippen LogP contribution in [0.2, 0.25) is 0 Å². The monoisotopic (exact) mass is 354 g/mol. The van der Waals surface area contributed by atoms with E-state index in [1.807, 2.05) is 48.5 Å². The zero-order chi connectivity index (χ0) is 17.8. The van der Waals surface area contributed by atoms with E-state index in [0.29, 0.717) is 18.3 Å². The number of Topliss-reactive ketones (excluding diaryl/α,β-unsaturated/α-hetero) is 1. The van der Waals surface area contributed by atoms with Gasteiger partial charge in [-0.1, -0.05) is 43.8 Å². The van der Waals surface area contributed by atoms with E-state index in [0.717, 1.165) is 33.1 Å². The summed E-state index contributed by atoms with van der Waals surface area (Å²) in [6, 6.07) is 13.5. The number of ketones is 1. The van der Waals surface area contributed by atoms with Crippen LogP contribution in [0.1, 0.15) is 36.2 Å². The van der Waals surface area contributed by atoms with Crippen LogP contribution in [0.5, 0.6) is 11.5 Å². The third kappa shape index (κ3) is 4.07. The van der Waals surface area contributed by atoms with Crippen molar-refractivity contribution in [2.24, 2.45) is 5.92 Å². The van der Waals surface area contributed by atoms with Crippen molar-refractivity contribution in [3.8, 4) is 11.5 Å². The maximum atomic E-state index is 12.5. The van der Waals surface area contributed by atoms with Gasteiger partial charge in [0, 0.05) is 10.5 Å². The summed E-state index contributed by atoms with van der Waals surface area (Å²) in [7, 11) is 1.63. The van der Waals surface area contributed by atoms with Gasteiger partial charge in [0.2, 0.25) is 5.78 Å². The summed E-state index contributed by atoms with van der Waals surface area (Å²) < 4.78 is 11.3. The summed E-state index contributed by atoms with van der Waals surface area (Å²) in [5, 5.41) is 0. The lowest BCUT2D eigenvalue weighted by atomic mass is 10.1. The van der Waals surface area contributed by atoms with E-state index in [-0.39, 0.29) is 5.78 Å². The van der Waals surface area contributed by atoms with Gasteiger partial charge in [0.15, 0.2) is 11.5 Å². The molecule has 3 nitrogen and oxygen atoms in total. The summed E-state index contributed by atoms with van der Waals surface area (Å²) in [4.78, 5) is 14.2. The largest absolute Gasteiger partial charge is 0.493 e. The Bertz CT molecular complexity index is 809. The molecule has 0 aromatic heterocycles. The molecule has 3 rings (SSSR count). The zero-order valence-electron chi connectivity index (χ0n) is 14.7. The summed E-state index contributed by atoms with van der Waals surface area (Å²) in [6.45, 7) is 5.01. The lowest BCUT2D eigenvalue weighted by Gasteiger charge is -2.12. The van der Waals surface area contributed by atoms with Crippen LogP contribution >= 0.6 is 11.8 Å². The van der Waals surface area contributed by atoms with E-state index in [4.69, 9.17) is 9.47 Å². The Morgan fingerprint density at radius 3 is 2.64 bits per heavy atom. The molecule has 1 aliphatic heterocycles. The molecular weight excluding hydrogens is 332 g/mol. The van der Waals surface area contributed by atoms with E-state index in [9.17, 15) is 4.79 Å². The average molecular weight is 354 g/mol. The second-order valence-corrected chi connectivity index (χ2v) is 7.46. The first-order valence-corrected chi connectivity index (χ1v) is 9.24. The molecule has 0 saturated heterocycles. The highest BCUT2D eigenvalue weighted by Gasteiger charge is 2.25.